The third kappa shape index (κ3) is 12.4. The number of carbonyl (C=O) groups is 3. The van der Waals surface area contributed by atoms with Gasteiger partial charge < -0.3 is 20.1 Å². The number of hydrogen-bond acceptors (Lipinski definition) is 5. The molecule has 0 fully saturated rings. The van der Waals surface area contributed by atoms with Crippen LogP contribution in [0.3, 0.4) is 0 Å². The first-order valence-electron chi connectivity index (χ1n) is 12.4. The summed E-state index contributed by atoms with van der Waals surface area (Å²) in [5, 5.41) is 12.4. The Hall–Kier alpha value is -2.93. The lowest BCUT2D eigenvalue weighted by molar-refractivity contribution is -0.145. The number of allylic oxidation sites excluding steroid dienone is 2. The van der Waals surface area contributed by atoms with Crippen LogP contribution in [0.25, 0.3) is 0 Å². The second-order valence-corrected chi connectivity index (χ2v) is 9.03. The number of nitrogens with zero attached hydrogens (tertiary/aromatic N) is 1. The first-order chi connectivity index (χ1) is 16.8. The second-order valence-electron chi connectivity index (χ2n) is 9.03. The molecule has 7 heteroatoms. The van der Waals surface area contributed by atoms with Crippen molar-refractivity contribution in [1.29, 1.82) is 0 Å². The molecule has 0 aliphatic carbocycles. The third-order valence-corrected chi connectivity index (χ3v) is 5.78. The molecular weight excluding hydrogens is 444 g/mol. The largest absolute Gasteiger partial charge is 0.463 e. The van der Waals surface area contributed by atoms with E-state index in [0.717, 1.165) is 24.8 Å². The van der Waals surface area contributed by atoms with E-state index in [0.29, 0.717) is 19.4 Å². The highest BCUT2D eigenvalue weighted by atomic mass is 16.5. The molecule has 0 heterocycles. The highest BCUT2D eigenvalue weighted by molar-refractivity contribution is 5.86. The fourth-order valence-electron chi connectivity index (χ4n) is 3.55. The lowest BCUT2D eigenvalue weighted by atomic mass is 9.97. The van der Waals surface area contributed by atoms with E-state index >= 15 is 0 Å². The fraction of sp³-hybridized carbons (Fsp3) is 0.536. The van der Waals surface area contributed by atoms with Gasteiger partial charge in [-0.05, 0) is 37.2 Å². The Labute approximate surface area is 210 Å². The number of aliphatic hydroxyl groups excluding tert-OH is 1. The predicted octanol–water partition coefficient (Wildman–Crippen LogP) is 4.02. The van der Waals surface area contributed by atoms with E-state index in [1.807, 2.05) is 50.3 Å². The predicted molar refractivity (Wildman–Crippen MR) is 138 cm³/mol. The number of ether oxygens (including phenoxy) is 1. The van der Waals surface area contributed by atoms with Crippen molar-refractivity contribution in [2.24, 2.45) is 11.8 Å². The van der Waals surface area contributed by atoms with E-state index in [9.17, 15) is 19.5 Å². The number of unbranched alkanes of at least 4 members (excludes halogenated alkanes) is 2. The Morgan fingerprint density at radius 3 is 2.43 bits per heavy atom. The number of esters is 1. The molecule has 1 rings (SSSR count). The topological polar surface area (TPSA) is 95.9 Å². The minimum atomic E-state index is -0.604. The Kier molecular flexibility index (Phi) is 15.0. The van der Waals surface area contributed by atoms with Crippen molar-refractivity contribution in [2.75, 3.05) is 19.8 Å². The minimum absolute atomic E-state index is 0.00140. The van der Waals surface area contributed by atoms with Crippen LogP contribution in [0, 0.1) is 11.8 Å². The first-order valence-corrected chi connectivity index (χ1v) is 12.4. The van der Waals surface area contributed by atoms with E-state index in [2.05, 4.69) is 18.5 Å². The van der Waals surface area contributed by atoms with Gasteiger partial charge in [-0.2, -0.15) is 0 Å². The molecule has 2 N–H and O–H groups in total. The molecule has 0 radical (unpaired) electrons. The molecule has 0 spiro atoms. The molecule has 194 valence electrons. The molecule has 0 bridgehead atoms. The number of benzene rings is 1. The molecular formula is C28H42N2O5. The van der Waals surface area contributed by atoms with E-state index in [-0.39, 0.29) is 55.9 Å². The number of carbonyl (C=O) groups excluding carboxylic acids is 3. The van der Waals surface area contributed by atoms with E-state index in [4.69, 9.17) is 4.74 Å². The number of nitrogens with one attached hydrogen (secondary N) is 1. The van der Waals surface area contributed by atoms with Gasteiger partial charge in [-0.3, -0.25) is 14.4 Å². The highest BCUT2D eigenvalue weighted by Crippen LogP contribution is 2.16. The van der Waals surface area contributed by atoms with Crippen LogP contribution in [-0.2, 0) is 25.7 Å². The summed E-state index contributed by atoms with van der Waals surface area (Å²) >= 11 is 0. The quantitative estimate of drug-likeness (QED) is 0.186. The average molecular weight is 487 g/mol. The van der Waals surface area contributed by atoms with Crippen molar-refractivity contribution >= 4 is 17.8 Å². The van der Waals surface area contributed by atoms with Gasteiger partial charge in [-0.1, -0.05) is 56.3 Å². The van der Waals surface area contributed by atoms with E-state index in [1.165, 1.54) is 0 Å². The summed E-state index contributed by atoms with van der Waals surface area (Å²) < 4.78 is 5.40. The smallest absolute Gasteiger partial charge is 0.305 e. The number of hydrogen-bond donors (Lipinski definition) is 2. The summed E-state index contributed by atoms with van der Waals surface area (Å²) in [6, 6.07) is 9.16. The standard InChI is InChI=1S/C28H42N2O5/c1-5-7-8-12-16-27(33)35-21-25(22(3)4)29-28(34)24(13-6-2)19-26(32)30(17-18-31)20-23-14-10-9-11-15-23/h5-6,9-11,14-15,22,24-25,31H,1-2,7-8,12-13,16-21H2,3-4H3,(H,29,34). The number of rotatable bonds is 18. The molecule has 0 aliphatic rings. The summed E-state index contributed by atoms with van der Waals surface area (Å²) in [7, 11) is 0. The molecule has 0 saturated carbocycles. The van der Waals surface area contributed by atoms with Crippen molar-refractivity contribution in [3.63, 3.8) is 0 Å². The molecule has 1 aromatic carbocycles. The number of amides is 2. The van der Waals surface area contributed by atoms with Crippen LogP contribution in [0.1, 0.15) is 57.9 Å². The zero-order chi connectivity index (χ0) is 26.1. The van der Waals surface area contributed by atoms with Crippen molar-refractivity contribution in [1.82, 2.24) is 10.2 Å². The zero-order valence-electron chi connectivity index (χ0n) is 21.3. The average Bonchev–Trinajstić information content (AvgIpc) is 2.84. The van der Waals surface area contributed by atoms with Crippen LogP contribution in [0.15, 0.2) is 55.6 Å². The summed E-state index contributed by atoms with van der Waals surface area (Å²) in [5.41, 5.74) is 0.949. The number of aliphatic hydroxyl groups is 1. The first kappa shape index (κ1) is 30.1. The van der Waals surface area contributed by atoms with Gasteiger partial charge in [0.2, 0.25) is 11.8 Å². The van der Waals surface area contributed by atoms with Gasteiger partial charge in [0, 0.05) is 25.9 Å². The van der Waals surface area contributed by atoms with Crippen LogP contribution < -0.4 is 5.32 Å². The molecule has 1 aromatic rings. The Morgan fingerprint density at radius 1 is 1.11 bits per heavy atom. The van der Waals surface area contributed by atoms with Gasteiger partial charge in [0.15, 0.2) is 0 Å². The van der Waals surface area contributed by atoms with Gasteiger partial charge >= 0.3 is 5.97 Å². The second kappa shape index (κ2) is 17.5. The Bertz CT molecular complexity index is 794. The Balaban J connectivity index is 2.73. The molecule has 0 aromatic heterocycles. The minimum Gasteiger partial charge on any atom is -0.463 e. The maximum atomic E-state index is 13.1. The molecule has 2 unspecified atom stereocenters. The van der Waals surface area contributed by atoms with Crippen LogP contribution in [0.5, 0.6) is 0 Å². The van der Waals surface area contributed by atoms with Crippen LogP contribution in [0.2, 0.25) is 0 Å². The molecule has 0 saturated heterocycles. The monoisotopic (exact) mass is 486 g/mol. The van der Waals surface area contributed by atoms with Crippen molar-refractivity contribution < 1.29 is 24.2 Å². The van der Waals surface area contributed by atoms with Gasteiger partial charge in [-0.25, -0.2) is 0 Å². The molecule has 0 aliphatic heterocycles. The summed E-state index contributed by atoms with van der Waals surface area (Å²) in [6.07, 6.45) is 6.61. The summed E-state index contributed by atoms with van der Waals surface area (Å²) in [6.45, 7) is 11.8. The molecule has 7 nitrogen and oxygen atoms in total. The van der Waals surface area contributed by atoms with Crippen LogP contribution >= 0.6 is 0 Å². The van der Waals surface area contributed by atoms with E-state index < -0.39 is 5.92 Å². The van der Waals surface area contributed by atoms with Crippen LogP contribution in [0.4, 0.5) is 0 Å². The Morgan fingerprint density at radius 2 is 1.83 bits per heavy atom. The van der Waals surface area contributed by atoms with Crippen molar-refractivity contribution in [3.8, 4) is 0 Å². The van der Waals surface area contributed by atoms with Gasteiger partial charge in [0.05, 0.1) is 18.6 Å². The maximum absolute atomic E-state index is 13.1. The van der Waals surface area contributed by atoms with Crippen molar-refractivity contribution in [2.45, 2.75) is 65.0 Å². The molecule has 2 atom stereocenters. The highest BCUT2D eigenvalue weighted by Gasteiger charge is 2.27. The lowest BCUT2D eigenvalue weighted by Crippen LogP contribution is -2.46. The summed E-state index contributed by atoms with van der Waals surface area (Å²) in [5.74, 6) is -1.34. The molecule has 2 amide bonds. The van der Waals surface area contributed by atoms with Crippen molar-refractivity contribution in [3.05, 3.63) is 61.2 Å². The normalized spacial score (nSPS) is 12.5. The van der Waals surface area contributed by atoms with Gasteiger partial charge in [0.1, 0.15) is 6.61 Å². The fourth-order valence-corrected chi connectivity index (χ4v) is 3.55. The summed E-state index contributed by atoms with van der Waals surface area (Å²) in [4.78, 5) is 39.7. The zero-order valence-corrected chi connectivity index (χ0v) is 21.3. The van der Waals surface area contributed by atoms with Crippen LogP contribution in [-0.4, -0.2) is 53.6 Å². The van der Waals surface area contributed by atoms with Gasteiger partial charge in [0.25, 0.3) is 0 Å². The lowest BCUT2D eigenvalue weighted by Gasteiger charge is -2.27. The van der Waals surface area contributed by atoms with Gasteiger partial charge in [-0.15, -0.1) is 13.2 Å². The van der Waals surface area contributed by atoms with E-state index in [1.54, 1.807) is 11.0 Å². The third-order valence-electron chi connectivity index (χ3n) is 5.78. The molecule has 35 heavy (non-hydrogen) atoms. The maximum Gasteiger partial charge on any atom is 0.305 e. The SMILES string of the molecule is C=CCCCCC(=O)OCC(NC(=O)C(CC=C)CC(=O)N(CCO)Cc1ccccc1)C(C)C.